The van der Waals surface area contributed by atoms with Crippen LogP contribution < -0.4 is 5.73 Å². The van der Waals surface area contributed by atoms with Gasteiger partial charge in [-0.25, -0.2) is 0 Å². The van der Waals surface area contributed by atoms with Gasteiger partial charge in [-0.1, -0.05) is 33.1 Å². The smallest absolute Gasteiger partial charge is 0.0726 e. The summed E-state index contributed by atoms with van der Waals surface area (Å²) in [6.45, 7) is 5.23. The van der Waals surface area contributed by atoms with Crippen LogP contribution in [0.3, 0.4) is 0 Å². The summed E-state index contributed by atoms with van der Waals surface area (Å²) in [4.78, 5) is 0. The van der Waals surface area contributed by atoms with Crippen LogP contribution in [0.15, 0.2) is 0 Å². The van der Waals surface area contributed by atoms with E-state index in [-0.39, 0.29) is 6.04 Å². The maximum absolute atomic E-state index is 6.04. The van der Waals surface area contributed by atoms with Crippen LogP contribution in [0, 0.1) is 5.92 Å². The molecule has 0 aliphatic heterocycles. The highest BCUT2D eigenvalue weighted by Gasteiger charge is 2.20. The largest absolute Gasteiger partial charge is 0.376 e. The second-order valence-electron chi connectivity index (χ2n) is 4.57. The van der Waals surface area contributed by atoms with E-state index in [0.717, 1.165) is 19.4 Å². The number of rotatable bonds is 3. The average Bonchev–Trinajstić information content (AvgIpc) is 2.27. The van der Waals surface area contributed by atoms with Crippen LogP contribution in [-0.2, 0) is 4.74 Å². The zero-order valence-corrected chi connectivity index (χ0v) is 8.96. The van der Waals surface area contributed by atoms with E-state index in [1.807, 2.05) is 0 Å². The molecule has 0 heterocycles. The van der Waals surface area contributed by atoms with Crippen LogP contribution in [0.4, 0.5) is 0 Å². The fourth-order valence-electron chi connectivity index (χ4n) is 1.83. The summed E-state index contributed by atoms with van der Waals surface area (Å²) >= 11 is 0. The van der Waals surface area contributed by atoms with Gasteiger partial charge in [0.05, 0.1) is 6.10 Å². The summed E-state index contributed by atoms with van der Waals surface area (Å²) in [5, 5.41) is 0. The van der Waals surface area contributed by atoms with Crippen molar-refractivity contribution < 1.29 is 4.74 Å². The molecule has 0 aromatic heterocycles. The number of hydrogen-bond acceptors (Lipinski definition) is 2. The molecule has 78 valence electrons. The first-order valence-corrected chi connectivity index (χ1v) is 5.57. The fourth-order valence-corrected chi connectivity index (χ4v) is 1.83. The van der Waals surface area contributed by atoms with E-state index in [1.54, 1.807) is 0 Å². The van der Waals surface area contributed by atoms with Gasteiger partial charge in [-0.05, 0) is 18.8 Å². The van der Waals surface area contributed by atoms with E-state index >= 15 is 0 Å². The molecule has 1 aliphatic rings. The molecule has 0 radical (unpaired) electrons. The van der Waals surface area contributed by atoms with Gasteiger partial charge in [-0.3, -0.25) is 0 Å². The van der Waals surface area contributed by atoms with E-state index < -0.39 is 0 Å². The number of nitrogens with two attached hydrogens (primary N) is 1. The Hall–Kier alpha value is -0.0800. The molecule has 2 atom stereocenters. The van der Waals surface area contributed by atoms with Gasteiger partial charge in [0.25, 0.3) is 0 Å². The van der Waals surface area contributed by atoms with Crippen LogP contribution in [0.1, 0.15) is 46.0 Å². The van der Waals surface area contributed by atoms with Crippen molar-refractivity contribution in [2.75, 3.05) is 6.61 Å². The van der Waals surface area contributed by atoms with Crippen molar-refractivity contribution in [2.45, 2.75) is 58.1 Å². The summed E-state index contributed by atoms with van der Waals surface area (Å²) in [6, 6.07) is 0.279. The molecule has 2 unspecified atom stereocenters. The Balaban J connectivity index is 2.27. The highest BCUT2D eigenvalue weighted by Crippen LogP contribution is 2.19. The number of hydrogen-bond donors (Lipinski definition) is 1. The van der Waals surface area contributed by atoms with Crippen LogP contribution in [0.25, 0.3) is 0 Å². The molecule has 0 saturated heterocycles. The third-order valence-electron chi connectivity index (χ3n) is 2.65. The Bertz CT molecular complexity index is 136. The molecule has 1 aliphatic carbocycles. The van der Waals surface area contributed by atoms with E-state index in [0.29, 0.717) is 12.0 Å². The van der Waals surface area contributed by atoms with Crippen molar-refractivity contribution in [3.63, 3.8) is 0 Å². The first-order valence-electron chi connectivity index (χ1n) is 5.57. The molecule has 0 aromatic carbocycles. The van der Waals surface area contributed by atoms with E-state index in [4.69, 9.17) is 10.5 Å². The van der Waals surface area contributed by atoms with Crippen molar-refractivity contribution in [1.82, 2.24) is 0 Å². The van der Waals surface area contributed by atoms with Gasteiger partial charge in [-0.15, -0.1) is 0 Å². The third-order valence-corrected chi connectivity index (χ3v) is 2.65. The minimum Gasteiger partial charge on any atom is -0.376 e. The van der Waals surface area contributed by atoms with Crippen LogP contribution in [0.5, 0.6) is 0 Å². The Kier molecular flexibility index (Phi) is 4.74. The summed E-state index contributed by atoms with van der Waals surface area (Å²) in [7, 11) is 0. The minimum absolute atomic E-state index is 0.279. The molecule has 2 N–H and O–H groups in total. The monoisotopic (exact) mass is 185 g/mol. The third kappa shape index (κ3) is 4.10. The Morgan fingerprint density at radius 2 is 1.92 bits per heavy atom. The van der Waals surface area contributed by atoms with Crippen molar-refractivity contribution in [1.29, 1.82) is 0 Å². The van der Waals surface area contributed by atoms with Gasteiger partial charge >= 0.3 is 0 Å². The standard InChI is InChI=1S/C11H23NO/c1-9(2)8-13-11-7-5-3-4-6-10(11)12/h9-11H,3-8,12H2,1-2H3. The Morgan fingerprint density at radius 3 is 2.62 bits per heavy atom. The summed E-state index contributed by atoms with van der Waals surface area (Å²) in [5.41, 5.74) is 6.04. The van der Waals surface area contributed by atoms with Crippen LogP contribution in [0.2, 0.25) is 0 Å². The Morgan fingerprint density at radius 1 is 1.23 bits per heavy atom. The molecule has 0 bridgehead atoms. The summed E-state index contributed by atoms with van der Waals surface area (Å²) in [5.74, 6) is 0.621. The maximum Gasteiger partial charge on any atom is 0.0726 e. The van der Waals surface area contributed by atoms with Crippen molar-refractivity contribution >= 4 is 0 Å². The Labute approximate surface area is 81.8 Å². The molecule has 0 aromatic rings. The lowest BCUT2D eigenvalue weighted by molar-refractivity contribution is 0.0161. The minimum atomic E-state index is 0.279. The lowest BCUT2D eigenvalue weighted by Gasteiger charge is -2.22. The van der Waals surface area contributed by atoms with Gasteiger partial charge in [-0.2, -0.15) is 0 Å². The van der Waals surface area contributed by atoms with Gasteiger partial charge < -0.3 is 10.5 Å². The number of ether oxygens (including phenoxy) is 1. The first-order chi connectivity index (χ1) is 6.20. The summed E-state index contributed by atoms with van der Waals surface area (Å²) in [6.07, 6.45) is 6.52. The molecule has 1 rings (SSSR count). The molecule has 2 heteroatoms. The average molecular weight is 185 g/mol. The molecular formula is C11H23NO. The predicted octanol–water partition coefficient (Wildman–Crippen LogP) is 2.32. The SMILES string of the molecule is CC(C)COC1CCCCCC1N. The van der Waals surface area contributed by atoms with Gasteiger partial charge in [0.1, 0.15) is 0 Å². The lowest BCUT2D eigenvalue weighted by atomic mass is 10.1. The van der Waals surface area contributed by atoms with E-state index in [9.17, 15) is 0 Å². The topological polar surface area (TPSA) is 35.2 Å². The lowest BCUT2D eigenvalue weighted by Crippen LogP contribution is -2.36. The molecule has 1 saturated carbocycles. The zero-order valence-electron chi connectivity index (χ0n) is 8.96. The molecule has 13 heavy (non-hydrogen) atoms. The van der Waals surface area contributed by atoms with Gasteiger partial charge in [0.15, 0.2) is 0 Å². The molecule has 2 nitrogen and oxygen atoms in total. The predicted molar refractivity (Wildman–Crippen MR) is 55.6 cm³/mol. The second kappa shape index (κ2) is 5.61. The fraction of sp³-hybridized carbons (Fsp3) is 1.00. The normalized spacial score (nSPS) is 30.5. The van der Waals surface area contributed by atoms with Gasteiger partial charge in [0.2, 0.25) is 0 Å². The highest BCUT2D eigenvalue weighted by atomic mass is 16.5. The first kappa shape index (κ1) is 11.0. The molecule has 1 fully saturated rings. The van der Waals surface area contributed by atoms with E-state index in [2.05, 4.69) is 13.8 Å². The van der Waals surface area contributed by atoms with E-state index in [1.165, 1.54) is 19.3 Å². The van der Waals surface area contributed by atoms with Crippen molar-refractivity contribution in [3.8, 4) is 0 Å². The van der Waals surface area contributed by atoms with Gasteiger partial charge in [0, 0.05) is 12.6 Å². The maximum atomic E-state index is 6.04. The van der Waals surface area contributed by atoms with Crippen molar-refractivity contribution in [2.24, 2.45) is 11.7 Å². The second-order valence-corrected chi connectivity index (χ2v) is 4.57. The zero-order chi connectivity index (χ0) is 9.68. The highest BCUT2D eigenvalue weighted by molar-refractivity contribution is 4.77. The molecule has 0 amide bonds. The molecular weight excluding hydrogens is 162 g/mol. The summed E-state index contributed by atoms with van der Waals surface area (Å²) < 4.78 is 5.81. The quantitative estimate of drug-likeness (QED) is 0.685. The molecule has 0 spiro atoms. The van der Waals surface area contributed by atoms with Crippen LogP contribution in [-0.4, -0.2) is 18.8 Å². The van der Waals surface area contributed by atoms with Crippen LogP contribution >= 0.6 is 0 Å². The van der Waals surface area contributed by atoms with Crippen molar-refractivity contribution in [3.05, 3.63) is 0 Å².